The van der Waals surface area contributed by atoms with Crippen LogP contribution in [0.25, 0.3) is 17.7 Å². The minimum Gasteiger partial charge on any atom is -0.496 e. The maximum Gasteiger partial charge on any atom is 0.274 e. The van der Waals surface area contributed by atoms with Gasteiger partial charge >= 0.3 is 0 Å². The number of rotatable bonds is 7. The lowest BCUT2D eigenvalue weighted by Gasteiger charge is -2.05. The van der Waals surface area contributed by atoms with E-state index in [2.05, 4.69) is 15.4 Å². The summed E-state index contributed by atoms with van der Waals surface area (Å²) in [6, 6.07) is 14.9. The number of nitrogens with zero attached hydrogens (tertiary/aromatic N) is 3. The number of furan rings is 1. The van der Waals surface area contributed by atoms with Crippen LogP contribution in [0, 0.1) is 0 Å². The standard InChI is InChI=1S/C21H18N4O3S/c1-27-17-8-3-2-6-15(17)10-11-19(26)25-21(22-14-16-7-5-13-29-16)23-20(24-25)18-9-4-12-28-18/h2-13H,14H2,1H3,(H,22,23,24). The highest BCUT2D eigenvalue weighted by Crippen LogP contribution is 2.21. The maximum atomic E-state index is 12.8. The molecule has 0 saturated heterocycles. The predicted octanol–water partition coefficient (Wildman–Crippen LogP) is 4.57. The van der Waals surface area contributed by atoms with Crippen molar-refractivity contribution in [2.45, 2.75) is 6.54 Å². The van der Waals surface area contributed by atoms with Gasteiger partial charge in [0.1, 0.15) is 5.75 Å². The molecule has 7 nitrogen and oxygen atoms in total. The van der Waals surface area contributed by atoms with Crippen LogP contribution in [-0.2, 0) is 6.54 Å². The summed E-state index contributed by atoms with van der Waals surface area (Å²) in [5, 5.41) is 9.50. The lowest BCUT2D eigenvalue weighted by atomic mass is 10.2. The van der Waals surface area contributed by atoms with Crippen molar-refractivity contribution in [2.24, 2.45) is 0 Å². The molecule has 4 rings (SSSR count). The van der Waals surface area contributed by atoms with Crippen LogP contribution < -0.4 is 10.1 Å². The molecule has 0 aliphatic heterocycles. The Balaban J connectivity index is 1.61. The van der Waals surface area contributed by atoms with Crippen molar-refractivity contribution in [1.29, 1.82) is 0 Å². The van der Waals surface area contributed by atoms with E-state index in [-0.39, 0.29) is 5.91 Å². The van der Waals surface area contributed by atoms with Gasteiger partial charge in [0.05, 0.1) is 19.9 Å². The number of allylic oxidation sites excluding steroid dienone is 1. The number of methoxy groups -OCH3 is 1. The van der Waals surface area contributed by atoms with Crippen molar-refractivity contribution in [2.75, 3.05) is 12.4 Å². The van der Waals surface area contributed by atoms with Gasteiger partial charge in [-0.3, -0.25) is 4.79 Å². The summed E-state index contributed by atoms with van der Waals surface area (Å²) < 4.78 is 11.9. The Morgan fingerprint density at radius 3 is 2.90 bits per heavy atom. The van der Waals surface area contributed by atoms with Gasteiger partial charge in [-0.2, -0.15) is 9.67 Å². The second-order valence-electron chi connectivity index (χ2n) is 5.99. The van der Waals surface area contributed by atoms with Crippen molar-refractivity contribution >= 4 is 29.3 Å². The number of aromatic nitrogens is 3. The molecular formula is C21H18N4O3S. The molecule has 0 atom stereocenters. The fourth-order valence-corrected chi connectivity index (χ4v) is 3.35. The summed E-state index contributed by atoms with van der Waals surface area (Å²) in [6.07, 6.45) is 4.67. The number of nitrogens with one attached hydrogen (secondary N) is 1. The average Bonchev–Trinajstić information content (AvgIpc) is 3.51. The zero-order chi connectivity index (χ0) is 20.1. The van der Waals surface area contributed by atoms with Gasteiger partial charge in [-0.1, -0.05) is 24.3 Å². The van der Waals surface area contributed by atoms with Gasteiger partial charge in [0.2, 0.25) is 11.8 Å². The summed E-state index contributed by atoms with van der Waals surface area (Å²) in [7, 11) is 1.59. The van der Waals surface area contributed by atoms with E-state index >= 15 is 0 Å². The first-order chi connectivity index (χ1) is 14.2. The molecule has 1 N–H and O–H groups in total. The molecule has 8 heteroatoms. The van der Waals surface area contributed by atoms with E-state index in [4.69, 9.17) is 9.15 Å². The number of ether oxygens (including phenoxy) is 1. The Bertz CT molecular complexity index is 1110. The van der Waals surface area contributed by atoms with Gasteiger partial charge < -0.3 is 14.5 Å². The fraction of sp³-hybridized carbons (Fsp3) is 0.0952. The van der Waals surface area contributed by atoms with Crippen molar-refractivity contribution < 1.29 is 13.9 Å². The first-order valence-corrected chi connectivity index (χ1v) is 9.75. The van der Waals surface area contributed by atoms with Crippen LogP contribution in [-0.4, -0.2) is 27.8 Å². The molecule has 4 aromatic rings. The van der Waals surface area contributed by atoms with Gasteiger partial charge in [0.15, 0.2) is 5.76 Å². The van der Waals surface area contributed by atoms with Crippen LogP contribution in [0.4, 0.5) is 5.95 Å². The van der Waals surface area contributed by atoms with Crippen LogP contribution in [0.3, 0.4) is 0 Å². The highest BCUT2D eigenvalue weighted by Gasteiger charge is 2.17. The third-order valence-corrected chi connectivity index (χ3v) is 4.98. The van der Waals surface area contributed by atoms with E-state index in [9.17, 15) is 4.79 Å². The zero-order valence-corrected chi connectivity index (χ0v) is 16.4. The monoisotopic (exact) mass is 406 g/mol. The number of hydrogen-bond donors (Lipinski definition) is 1. The Labute approximate surface area is 171 Å². The topological polar surface area (TPSA) is 82.2 Å². The SMILES string of the molecule is COc1ccccc1C=CC(=O)n1nc(-c2ccco2)nc1NCc1cccs1. The highest BCUT2D eigenvalue weighted by molar-refractivity contribution is 7.09. The molecule has 1 aromatic carbocycles. The molecule has 0 radical (unpaired) electrons. The summed E-state index contributed by atoms with van der Waals surface area (Å²) in [4.78, 5) is 18.4. The van der Waals surface area contributed by atoms with Gasteiger partial charge in [-0.05, 0) is 35.7 Å². The number of hydrogen-bond acceptors (Lipinski definition) is 7. The summed E-state index contributed by atoms with van der Waals surface area (Å²) >= 11 is 1.62. The molecule has 0 saturated carbocycles. The molecule has 29 heavy (non-hydrogen) atoms. The van der Waals surface area contributed by atoms with E-state index in [1.54, 1.807) is 36.7 Å². The fourth-order valence-electron chi connectivity index (χ4n) is 2.71. The number of anilines is 1. The Kier molecular flexibility index (Phi) is 5.53. The number of carbonyl (C=O) groups is 1. The van der Waals surface area contributed by atoms with Crippen LogP contribution in [0.15, 0.2) is 70.7 Å². The van der Waals surface area contributed by atoms with E-state index in [0.29, 0.717) is 29.8 Å². The third-order valence-electron chi connectivity index (χ3n) is 4.10. The molecule has 0 fully saturated rings. The average molecular weight is 406 g/mol. The number of carbonyl (C=O) groups excluding carboxylic acids is 1. The predicted molar refractivity (Wildman–Crippen MR) is 112 cm³/mol. The highest BCUT2D eigenvalue weighted by atomic mass is 32.1. The first kappa shape index (κ1) is 18.7. The lowest BCUT2D eigenvalue weighted by molar-refractivity contribution is 0.0957. The molecule has 3 heterocycles. The summed E-state index contributed by atoms with van der Waals surface area (Å²) in [6.45, 7) is 0.539. The molecule has 0 spiro atoms. The second kappa shape index (κ2) is 8.57. The van der Waals surface area contributed by atoms with E-state index < -0.39 is 0 Å². The third kappa shape index (κ3) is 4.27. The van der Waals surface area contributed by atoms with Crippen LogP contribution in [0.5, 0.6) is 5.75 Å². The number of benzene rings is 1. The molecule has 0 amide bonds. The second-order valence-corrected chi connectivity index (χ2v) is 7.03. The van der Waals surface area contributed by atoms with Crippen LogP contribution in [0.1, 0.15) is 15.2 Å². The quantitative estimate of drug-likeness (QED) is 0.453. The van der Waals surface area contributed by atoms with Gasteiger partial charge in [-0.15, -0.1) is 16.4 Å². The van der Waals surface area contributed by atoms with Crippen LogP contribution in [0.2, 0.25) is 0 Å². The van der Waals surface area contributed by atoms with Crippen molar-refractivity contribution in [3.05, 3.63) is 76.7 Å². The Hall–Kier alpha value is -3.65. The van der Waals surface area contributed by atoms with E-state index in [0.717, 1.165) is 10.4 Å². The van der Waals surface area contributed by atoms with Crippen molar-refractivity contribution in [1.82, 2.24) is 14.8 Å². The Morgan fingerprint density at radius 2 is 2.14 bits per heavy atom. The van der Waals surface area contributed by atoms with Gasteiger partial charge in [-0.25, -0.2) is 0 Å². The van der Waals surface area contributed by atoms with Gasteiger partial charge in [0, 0.05) is 16.5 Å². The summed E-state index contributed by atoms with van der Waals surface area (Å²) in [5.41, 5.74) is 0.794. The zero-order valence-electron chi connectivity index (χ0n) is 15.6. The largest absolute Gasteiger partial charge is 0.496 e. The summed E-state index contributed by atoms with van der Waals surface area (Å²) in [5.74, 6) is 1.52. The van der Waals surface area contributed by atoms with Crippen molar-refractivity contribution in [3.8, 4) is 17.3 Å². The normalized spacial score (nSPS) is 11.1. The minimum absolute atomic E-state index is 0.336. The lowest BCUT2D eigenvalue weighted by Crippen LogP contribution is -2.14. The molecule has 0 unspecified atom stereocenters. The molecule has 146 valence electrons. The Morgan fingerprint density at radius 1 is 1.24 bits per heavy atom. The van der Waals surface area contributed by atoms with Gasteiger partial charge in [0.25, 0.3) is 5.91 Å². The maximum absolute atomic E-state index is 12.8. The molecule has 0 aliphatic rings. The van der Waals surface area contributed by atoms with E-state index in [1.807, 2.05) is 41.8 Å². The molecule has 3 aromatic heterocycles. The minimum atomic E-state index is -0.338. The first-order valence-electron chi connectivity index (χ1n) is 8.87. The smallest absolute Gasteiger partial charge is 0.274 e. The molecule has 0 aliphatic carbocycles. The van der Waals surface area contributed by atoms with E-state index in [1.165, 1.54) is 17.0 Å². The number of para-hydroxylation sites is 1. The number of thiophene rings is 1. The van der Waals surface area contributed by atoms with Crippen LogP contribution >= 0.6 is 11.3 Å². The van der Waals surface area contributed by atoms with Crippen molar-refractivity contribution in [3.63, 3.8) is 0 Å². The molecular weight excluding hydrogens is 388 g/mol. The molecule has 0 bridgehead atoms.